The quantitative estimate of drug-likeness (QED) is 0.107. The van der Waals surface area contributed by atoms with Crippen molar-refractivity contribution < 1.29 is 52.5 Å². The van der Waals surface area contributed by atoms with Gasteiger partial charge >= 0.3 is 5.97 Å². The van der Waals surface area contributed by atoms with Crippen LogP contribution in [-0.4, -0.2) is 123 Å². The Balaban J connectivity index is 1.65. The highest BCUT2D eigenvalue weighted by Crippen LogP contribution is 2.13. The number of halogens is 1. The molecule has 0 saturated carbocycles. The number of carboxylic acid groups (broad SMARTS) is 1. The monoisotopic (exact) mass is 644 g/mol. The van der Waals surface area contributed by atoms with Crippen molar-refractivity contribution in [3.63, 3.8) is 0 Å². The molecule has 0 fully saturated rings. The molecule has 1 aromatic rings. The summed E-state index contributed by atoms with van der Waals surface area (Å²) in [5, 5.41) is 8.47. The number of aliphatic carboxylic acids is 1. The third kappa shape index (κ3) is 25.0. The van der Waals surface area contributed by atoms with Gasteiger partial charge in [0.15, 0.2) is 0 Å². The average Bonchev–Trinajstić information content (AvgIpc) is 2.89. The maximum absolute atomic E-state index is 10.3. The second-order valence-electron chi connectivity index (χ2n) is 7.35. The molecule has 0 spiro atoms. The molecule has 1 aromatic carbocycles. The lowest BCUT2D eigenvalue weighted by molar-refractivity contribution is -0.138. The fraction of sp³-hybridized carbons (Fsp3) is 0.720. The van der Waals surface area contributed by atoms with Crippen molar-refractivity contribution in [1.82, 2.24) is 0 Å². The molecule has 0 unspecified atom stereocenters. The maximum atomic E-state index is 10.3. The number of hydrogen-bond donors (Lipinski definition) is 1. The highest BCUT2D eigenvalue weighted by molar-refractivity contribution is 14.1. The molecule has 0 aromatic heterocycles. The van der Waals surface area contributed by atoms with Gasteiger partial charge in [-0.1, -0.05) is 0 Å². The summed E-state index contributed by atoms with van der Waals surface area (Å²) in [6, 6.07) is 7.89. The summed E-state index contributed by atoms with van der Waals surface area (Å²) < 4.78 is 49.8. The minimum atomic E-state index is -0.871. The fourth-order valence-electron chi connectivity index (χ4n) is 2.55. The largest absolute Gasteiger partial charge is 0.491 e. The summed E-state index contributed by atoms with van der Waals surface area (Å²) in [5.41, 5.74) is 0. The van der Waals surface area contributed by atoms with Crippen molar-refractivity contribution in [2.24, 2.45) is 0 Å². The topological polar surface area (TPSA) is 120 Å². The average molecular weight is 644 g/mol. The Morgan fingerprint density at radius 3 is 1.14 bits per heavy atom. The maximum Gasteiger partial charge on any atom is 0.305 e. The fourth-order valence-corrected chi connectivity index (χ4v) is 2.91. The van der Waals surface area contributed by atoms with Crippen LogP contribution in [-0.2, 0) is 42.7 Å². The van der Waals surface area contributed by atoms with E-state index < -0.39 is 5.97 Å². The first kappa shape index (κ1) is 33.9. The number of carbonyl (C=O) groups is 1. The van der Waals surface area contributed by atoms with Crippen LogP contribution in [0.4, 0.5) is 0 Å². The summed E-state index contributed by atoms with van der Waals surface area (Å²) in [6.45, 7) is 7.94. The predicted molar refractivity (Wildman–Crippen MR) is 143 cm³/mol. The Kier molecular flexibility index (Phi) is 24.3. The SMILES string of the molecule is O=C(O)CCOCCOCCOCCOCCOCCOCCOCCOCCOc1ccc(I)cc1. The summed E-state index contributed by atoms with van der Waals surface area (Å²) in [6.07, 6.45) is 0.00176. The van der Waals surface area contributed by atoms with Crippen molar-refractivity contribution in [3.8, 4) is 5.75 Å². The van der Waals surface area contributed by atoms with Crippen molar-refractivity contribution in [2.45, 2.75) is 6.42 Å². The molecule has 0 bridgehead atoms. The second-order valence-corrected chi connectivity index (χ2v) is 8.59. The van der Waals surface area contributed by atoms with Gasteiger partial charge in [0.25, 0.3) is 0 Å². The number of ether oxygens (including phenoxy) is 9. The van der Waals surface area contributed by atoms with Crippen molar-refractivity contribution in [2.75, 3.05) is 112 Å². The summed E-state index contributed by atoms with van der Waals surface area (Å²) >= 11 is 2.26. The van der Waals surface area contributed by atoms with Gasteiger partial charge in [-0.05, 0) is 46.9 Å². The van der Waals surface area contributed by atoms with E-state index in [0.29, 0.717) is 106 Å². The molecule has 0 amide bonds. The van der Waals surface area contributed by atoms with E-state index in [1.165, 1.54) is 3.57 Å². The highest BCUT2D eigenvalue weighted by Gasteiger charge is 1.98. The first-order valence-electron chi connectivity index (χ1n) is 12.4. The Morgan fingerprint density at radius 2 is 0.811 bits per heavy atom. The summed E-state index contributed by atoms with van der Waals surface area (Å²) in [5.74, 6) is -0.0290. The highest BCUT2D eigenvalue weighted by atomic mass is 127. The molecule has 0 aliphatic carbocycles. The van der Waals surface area contributed by atoms with E-state index in [2.05, 4.69) is 22.6 Å². The van der Waals surface area contributed by atoms with E-state index in [9.17, 15) is 4.79 Å². The normalized spacial score (nSPS) is 11.2. The molecule has 0 heterocycles. The Hall–Kier alpha value is -1.10. The molecule has 214 valence electrons. The van der Waals surface area contributed by atoms with Crippen LogP contribution in [0, 0.1) is 3.57 Å². The molecule has 1 N–H and O–H groups in total. The number of carboxylic acids is 1. The van der Waals surface area contributed by atoms with Crippen LogP contribution >= 0.6 is 22.6 Å². The first-order chi connectivity index (χ1) is 18.2. The third-order valence-electron chi connectivity index (χ3n) is 4.37. The zero-order valence-corrected chi connectivity index (χ0v) is 23.6. The lowest BCUT2D eigenvalue weighted by Gasteiger charge is -2.09. The van der Waals surface area contributed by atoms with Gasteiger partial charge in [-0.25, -0.2) is 0 Å². The van der Waals surface area contributed by atoms with Crippen LogP contribution in [0.5, 0.6) is 5.75 Å². The molecule has 0 atom stereocenters. The van der Waals surface area contributed by atoms with Crippen molar-refractivity contribution in [1.29, 1.82) is 0 Å². The number of rotatable bonds is 28. The summed E-state index contributed by atoms with van der Waals surface area (Å²) in [4.78, 5) is 10.3. The van der Waals surface area contributed by atoms with E-state index in [0.717, 1.165) is 5.75 Å². The Morgan fingerprint density at radius 1 is 0.514 bits per heavy atom. The van der Waals surface area contributed by atoms with Crippen molar-refractivity contribution >= 4 is 28.6 Å². The summed E-state index contributed by atoms with van der Waals surface area (Å²) in [7, 11) is 0. The van der Waals surface area contributed by atoms with Crippen LogP contribution in [0.3, 0.4) is 0 Å². The molecule has 12 heteroatoms. The number of benzene rings is 1. The molecule has 11 nitrogen and oxygen atoms in total. The van der Waals surface area contributed by atoms with Crippen LogP contribution in [0.1, 0.15) is 6.42 Å². The van der Waals surface area contributed by atoms with E-state index in [1.54, 1.807) is 0 Å². The molecular formula is C25H41IO11. The van der Waals surface area contributed by atoms with Gasteiger partial charge in [-0.15, -0.1) is 0 Å². The van der Waals surface area contributed by atoms with Gasteiger partial charge in [0.1, 0.15) is 12.4 Å². The standard InChI is InChI=1S/C25H41IO11/c26-23-1-3-24(4-2-23)37-22-21-36-20-19-35-18-17-34-16-15-33-14-13-32-12-11-31-10-9-30-8-7-29-6-5-25(27)28/h1-4H,5-22H2,(H,27,28). The third-order valence-corrected chi connectivity index (χ3v) is 5.09. The molecule has 0 radical (unpaired) electrons. The van der Waals surface area contributed by atoms with Gasteiger partial charge in [0.05, 0.1) is 112 Å². The molecule has 37 heavy (non-hydrogen) atoms. The van der Waals surface area contributed by atoms with E-state index in [-0.39, 0.29) is 13.0 Å². The van der Waals surface area contributed by atoms with Gasteiger partial charge in [-0.3, -0.25) is 4.79 Å². The molecular weight excluding hydrogens is 603 g/mol. The molecule has 0 saturated heterocycles. The molecule has 0 aliphatic rings. The van der Waals surface area contributed by atoms with Gasteiger partial charge < -0.3 is 47.7 Å². The van der Waals surface area contributed by atoms with Crippen LogP contribution in [0.25, 0.3) is 0 Å². The minimum absolute atomic E-state index is 0.00176. The van der Waals surface area contributed by atoms with Gasteiger partial charge in [0, 0.05) is 3.57 Å². The van der Waals surface area contributed by atoms with Crippen LogP contribution < -0.4 is 4.74 Å². The van der Waals surface area contributed by atoms with Crippen molar-refractivity contribution in [3.05, 3.63) is 27.8 Å². The zero-order chi connectivity index (χ0) is 26.7. The lowest BCUT2D eigenvalue weighted by atomic mass is 10.3. The number of hydrogen-bond acceptors (Lipinski definition) is 10. The van der Waals surface area contributed by atoms with E-state index >= 15 is 0 Å². The smallest absolute Gasteiger partial charge is 0.305 e. The lowest BCUT2D eigenvalue weighted by Crippen LogP contribution is -2.15. The van der Waals surface area contributed by atoms with E-state index in [4.69, 9.17) is 47.7 Å². The van der Waals surface area contributed by atoms with Gasteiger partial charge in [-0.2, -0.15) is 0 Å². The van der Waals surface area contributed by atoms with Crippen LogP contribution in [0.2, 0.25) is 0 Å². The Labute approximate surface area is 233 Å². The van der Waals surface area contributed by atoms with Crippen LogP contribution in [0.15, 0.2) is 24.3 Å². The predicted octanol–water partition coefficient (Wildman–Crippen LogP) is 2.28. The Bertz CT molecular complexity index is 634. The van der Waals surface area contributed by atoms with E-state index in [1.807, 2.05) is 24.3 Å². The molecule has 0 aliphatic heterocycles. The zero-order valence-electron chi connectivity index (χ0n) is 21.4. The minimum Gasteiger partial charge on any atom is -0.491 e. The first-order valence-corrected chi connectivity index (χ1v) is 13.5. The molecule has 1 rings (SSSR count). The second kappa shape index (κ2) is 26.5. The van der Waals surface area contributed by atoms with Gasteiger partial charge in [0.2, 0.25) is 0 Å².